The van der Waals surface area contributed by atoms with E-state index < -0.39 is 58.5 Å². The molecular formula is C20H19F4NO3. The predicted molar refractivity (Wildman–Crippen MR) is 91.9 cm³/mol. The third-order valence-electron chi connectivity index (χ3n) is 4.88. The van der Waals surface area contributed by atoms with E-state index in [0.717, 1.165) is 7.11 Å². The Morgan fingerprint density at radius 2 is 1.75 bits per heavy atom. The number of methoxy groups -OCH3 is 1. The molecule has 1 saturated carbocycles. The van der Waals surface area contributed by atoms with Crippen LogP contribution in [-0.4, -0.2) is 13.1 Å². The number of allylic oxidation sites excluding steroid dienone is 4. The van der Waals surface area contributed by atoms with Crippen LogP contribution in [0.5, 0.6) is 5.75 Å². The van der Waals surface area contributed by atoms with Crippen LogP contribution in [0.1, 0.15) is 26.3 Å². The molecule has 28 heavy (non-hydrogen) atoms. The van der Waals surface area contributed by atoms with Gasteiger partial charge >= 0.3 is 5.97 Å². The molecule has 0 N–H and O–H groups in total. The van der Waals surface area contributed by atoms with E-state index in [9.17, 15) is 22.4 Å². The molecule has 0 spiro atoms. The SMILES string of the molecule is C/C=C/C(C#N)=C/[C@@H]1[C@@H](C(=O)OCc2c(F)c(F)c(OC)c(F)c2F)C1(C)C. The molecule has 1 aliphatic rings. The van der Waals surface area contributed by atoms with Crippen molar-refractivity contribution in [2.24, 2.45) is 17.3 Å². The molecule has 0 saturated heterocycles. The zero-order chi connectivity index (χ0) is 21.2. The molecule has 1 aromatic carbocycles. The van der Waals surface area contributed by atoms with Gasteiger partial charge in [-0.2, -0.15) is 14.0 Å². The van der Waals surface area contributed by atoms with E-state index >= 15 is 0 Å². The Morgan fingerprint density at radius 1 is 1.18 bits per heavy atom. The van der Waals surface area contributed by atoms with Crippen molar-refractivity contribution in [3.05, 3.63) is 52.6 Å². The molecule has 0 aromatic heterocycles. The lowest BCUT2D eigenvalue weighted by atomic mass is 10.1. The van der Waals surface area contributed by atoms with Crippen LogP contribution in [0.4, 0.5) is 17.6 Å². The topological polar surface area (TPSA) is 59.3 Å². The van der Waals surface area contributed by atoms with Crippen LogP contribution in [0.2, 0.25) is 0 Å². The summed E-state index contributed by atoms with van der Waals surface area (Å²) in [6, 6.07) is 2.00. The number of rotatable bonds is 6. The number of halogens is 4. The highest BCUT2D eigenvalue weighted by Gasteiger charge is 2.61. The Bertz CT molecular complexity index is 871. The third kappa shape index (κ3) is 3.75. The van der Waals surface area contributed by atoms with Gasteiger partial charge in [0.2, 0.25) is 11.6 Å². The molecule has 1 aromatic rings. The monoisotopic (exact) mass is 397 g/mol. The number of carbonyl (C=O) groups excluding carboxylic acids is 1. The number of hydrogen-bond donors (Lipinski definition) is 0. The molecule has 2 atom stereocenters. The number of carbonyl (C=O) groups is 1. The van der Waals surface area contributed by atoms with E-state index in [1.165, 1.54) is 0 Å². The second-order valence-electron chi connectivity index (χ2n) is 6.93. The minimum absolute atomic E-state index is 0.315. The van der Waals surface area contributed by atoms with Crippen molar-refractivity contribution in [1.29, 1.82) is 5.26 Å². The summed E-state index contributed by atoms with van der Waals surface area (Å²) in [5, 5.41) is 9.09. The Kier molecular flexibility index (Phi) is 6.17. The fraction of sp³-hybridized carbons (Fsp3) is 0.400. The van der Waals surface area contributed by atoms with Gasteiger partial charge in [-0.15, -0.1) is 0 Å². The van der Waals surface area contributed by atoms with Gasteiger partial charge in [-0.3, -0.25) is 4.79 Å². The normalized spacial score (nSPS) is 20.8. The number of benzene rings is 1. The summed E-state index contributed by atoms with van der Waals surface area (Å²) in [5.41, 5.74) is -1.21. The lowest BCUT2D eigenvalue weighted by Crippen LogP contribution is -2.14. The molecule has 0 bridgehead atoms. The number of ether oxygens (including phenoxy) is 2. The first-order valence-electron chi connectivity index (χ1n) is 8.41. The van der Waals surface area contributed by atoms with Gasteiger partial charge in [-0.25, -0.2) is 8.78 Å². The van der Waals surface area contributed by atoms with Crippen molar-refractivity contribution in [3.8, 4) is 11.8 Å². The fourth-order valence-electron chi connectivity index (χ4n) is 3.14. The van der Waals surface area contributed by atoms with Gasteiger partial charge < -0.3 is 9.47 Å². The van der Waals surface area contributed by atoms with Gasteiger partial charge in [0.1, 0.15) is 6.61 Å². The van der Waals surface area contributed by atoms with Crippen LogP contribution in [0.15, 0.2) is 23.8 Å². The van der Waals surface area contributed by atoms with Crippen molar-refractivity contribution >= 4 is 5.97 Å². The van der Waals surface area contributed by atoms with Crippen LogP contribution in [0, 0.1) is 51.9 Å². The average molecular weight is 397 g/mol. The summed E-state index contributed by atoms with van der Waals surface area (Å²) in [6.07, 6.45) is 4.89. The highest BCUT2D eigenvalue weighted by Crippen LogP contribution is 2.60. The summed E-state index contributed by atoms with van der Waals surface area (Å²) in [4.78, 5) is 12.3. The Balaban J connectivity index is 2.19. The quantitative estimate of drug-likeness (QED) is 0.232. The molecule has 0 unspecified atom stereocenters. The minimum Gasteiger partial charge on any atom is -0.491 e. The van der Waals surface area contributed by atoms with Crippen LogP contribution < -0.4 is 4.74 Å². The van der Waals surface area contributed by atoms with E-state index in [1.54, 1.807) is 39.0 Å². The van der Waals surface area contributed by atoms with E-state index in [0.29, 0.717) is 5.57 Å². The molecule has 1 fully saturated rings. The summed E-state index contributed by atoms with van der Waals surface area (Å²) < 4.78 is 64.7. The highest BCUT2D eigenvalue weighted by atomic mass is 19.2. The number of esters is 1. The fourth-order valence-corrected chi connectivity index (χ4v) is 3.14. The van der Waals surface area contributed by atoms with Crippen LogP contribution in [-0.2, 0) is 16.1 Å². The molecule has 1 aliphatic carbocycles. The maximum atomic E-state index is 14.0. The van der Waals surface area contributed by atoms with Gasteiger partial charge in [0.25, 0.3) is 0 Å². The van der Waals surface area contributed by atoms with Gasteiger partial charge in [0.15, 0.2) is 17.4 Å². The molecule has 0 heterocycles. The van der Waals surface area contributed by atoms with Crippen molar-refractivity contribution in [2.45, 2.75) is 27.4 Å². The Labute approximate surface area is 160 Å². The largest absolute Gasteiger partial charge is 0.491 e. The minimum atomic E-state index is -1.70. The Morgan fingerprint density at radius 3 is 2.21 bits per heavy atom. The highest BCUT2D eigenvalue weighted by molar-refractivity contribution is 5.78. The summed E-state index contributed by atoms with van der Waals surface area (Å²) in [5.74, 6) is -9.71. The van der Waals surface area contributed by atoms with Gasteiger partial charge in [-0.05, 0) is 24.3 Å². The molecule has 2 rings (SSSR count). The van der Waals surface area contributed by atoms with Crippen molar-refractivity contribution in [2.75, 3.05) is 7.11 Å². The summed E-state index contributed by atoms with van der Waals surface area (Å²) >= 11 is 0. The Hall–Kier alpha value is -2.82. The van der Waals surface area contributed by atoms with Crippen LogP contribution in [0.25, 0.3) is 0 Å². The zero-order valence-electron chi connectivity index (χ0n) is 15.8. The smallest absolute Gasteiger partial charge is 0.310 e. The zero-order valence-corrected chi connectivity index (χ0v) is 15.8. The van der Waals surface area contributed by atoms with Crippen molar-refractivity contribution in [1.82, 2.24) is 0 Å². The van der Waals surface area contributed by atoms with Gasteiger partial charge in [0, 0.05) is 5.57 Å². The lowest BCUT2D eigenvalue weighted by Gasteiger charge is -2.11. The first kappa shape index (κ1) is 21.5. The number of nitrogens with zero attached hydrogens (tertiary/aromatic N) is 1. The molecule has 0 radical (unpaired) electrons. The van der Waals surface area contributed by atoms with E-state index in [-0.39, 0.29) is 5.92 Å². The van der Waals surface area contributed by atoms with Crippen LogP contribution in [0.3, 0.4) is 0 Å². The second kappa shape index (κ2) is 8.05. The molecular weight excluding hydrogens is 378 g/mol. The molecule has 150 valence electrons. The number of nitriles is 1. The molecule has 0 aliphatic heterocycles. The average Bonchev–Trinajstić information content (AvgIpc) is 3.20. The van der Waals surface area contributed by atoms with Gasteiger partial charge in [0.05, 0.1) is 24.7 Å². The maximum absolute atomic E-state index is 14.0. The third-order valence-corrected chi connectivity index (χ3v) is 4.88. The van der Waals surface area contributed by atoms with Gasteiger partial charge in [-0.1, -0.05) is 26.0 Å². The van der Waals surface area contributed by atoms with E-state index in [4.69, 9.17) is 10.00 Å². The first-order chi connectivity index (χ1) is 13.1. The second-order valence-corrected chi connectivity index (χ2v) is 6.93. The molecule has 4 nitrogen and oxygen atoms in total. The first-order valence-corrected chi connectivity index (χ1v) is 8.41. The maximum Gasteiger partial charge on any atom is 0.310 e. The van der Waals surface area contributed by atoms with Crippen LogP contribution >= 0.6 is 0 Å². The molecule has 0 amide bonds. The predicted octanol–water partition coefficient (Wildman–Crippen LogP) is 4.59. The lowest BCUT2D eigenvalue weighted by molar-refractivity contribution is -0.147. The standard InChI is InChI=1S/C20H19F4NO3/c1-5-6-10(8-25)7-12-13(20(12,2)3)19(26)28-9-11-14(21)16(23)18(27-4)17(24)15(11)22/h5-7,12-13H,9H2,1-4H3/b6-5+,10-7-/t12-,13+/m1/s1. The van der Waals surface area contributed by atoms with E-state index in [1.807, 2.05) is 6.07 Å². The summed E-state index contributed by atoms with van der Waals surface area (Å²) in [7, 11) is 0.867. The van der Waals surface area contributed by atoms with Crippen molar-refractivity contribution < 1.29 is 31.8 Å². The molecule has 8 heteroatoms. The number of hydrogen-bond acceptors (Lipinski definition) is 4. The summed E-state index contributed by atoms with van der Waals surface area (Å²) in [6.45, 7) is 4.32. The van der Waals surface area contributed by atoms with Crippen molar-refractivity contribution in [3.63, 3.8) is 0 Å². The van der Waals surface area contributed by atoms with E-state index in [2.05, 4.69) is 4.74 Å².